The number of aliphatic hydroxyl groups is 1. The molecule has 2 aromatic rings. The number of benzene rings is 2. The van der Waals surface area contributed by atoms with E-state index in [4.69, 9.17) is 28.4 Å². The fourth-order valence-corrected chi connectivity index (χ4v) is 9.58. The first kappa shape index (κ1) is 40.9. The number of fused-ring (bicyclic) bond motifs is 3. The molecule has 13 heteroatoms. The van der Waals surface area contributed by atoms with Gasteiger partial charge in [-0.3, -0.25) is 14.6 Å². The van der Waals surface area contributed by atoms with E-state index in [0.29, 0.717) is 24.8 Å². The van der Waals surface area contributed by atoms with E-state index in [2.05, 4.69) is 30.7 Å². The maximum atomic E-state index is 13.9. The molecule has 3 saturated heterocycles. The molecule has 2 aromatic carbocycles. The predicted molar refractivity (Wildman–Crippen MR) is 206 cm³/mol. The lowest BCUT2D eigenvalue weighted by Crippen LogP contribution is -2.58. The van der Waals surface area contributed by atoms with Gasteiger partial charge in [0.15, 0.2) is 24.7 Å². The van der Waals surface area contributed by atoms with Crippen molar-refractivity contribution in [3.63, 3.8) is 0 Å². The molecule has 0 bridgehead atoms. The van der Waals surface area contributed by atoms with Crippen molar-refractivity contribution in [2.45, 2.75) is 154 Å². The van der Waals surface area contributed by atoms with Crippen LogP contribution in [0, 0.1) is 5.41 Å². The van der Waals surface area contributed by atoms with Crippen LogP contribution in [-0.2, 0) is 28.4 Å². The van der Waals surface area contributed by atoms with Gasteiger partial charge in [-0.2, -0.15) is 0 Å². The van der Waals surface area contributed by atoms with Gasteiger partial charge in [-0.05, 0) is 76.7 Å². The van der Waals surface area contributed by atoms with Crippen molar-refractivity contribution < 1.29 is 53.3 Å². The normalized spacial score (nSPS) is 38.0. The van der Waals surface area contributed by atoms with Crippen LogP contribution in [0.4, 0.5) is 0 Å². The number of carbonyl (C=O) groups is 2. The Bertz CT molecular complexity index is 1850. The number of likely N-dealkylation sites (N-methyl/N-ethyl adjacent to an activating group) is 1. The maximum absolute atomic E-state index is 13.9. The van der Waals surface area contributed by atoms with Crippen LogP contribution >= 0.6 is 0 Å². The predicted octanol–water partition coefficient (Wildman–Crippen LogP) is 5.78. The van der Waals surface area contributed by atoms with Gasteiger partial charge in [-0.25, -0.2) is 0 Å². The standard InChI is InChI=1S/C43H58N2O11/c1-10-43(6)19-31(36-25(20(43)2)16-26-37(40(36)50)39(49)35-24(38(26)48)12-11-13-29(35)46)54-33-17-28(45(8)9)41(22(4)52-33)56-34-18-30(47)42(23(5)53-34)55-32-15-14-27(44-7)21(3)51-32/h11-13,16,20-23,28,30-34,41-42,46-47,50H,10,14-15,17-19H2,1-9H3/b44-27-/t20-,21?,22?,23?,28-,30-,31+,32+,33+,34+,41-,42-,43+/m1/s1. The molecular formula is C43H58N2O11. The van der Waals surface area contributed by atoms with E-state index in [1.807, 2.05) is 34.9 Å². The lowest BCUT2D eigenvalue weighted by Gasteiger charge is -2.48. The molecule has 306 valence electrons. The number of hydrogen-bond donors (Lipinski definition) is 3. The molecule has 0 amide bonds. The molecule has 56 heavy (non-hydrogen) atoms. The first-order valence-corrected chi connectivity index (χ1v) is 20.1. The minimum absolute atomic E-state index is 0.0640. The summed E-state index contributed by atoms with van der Waals surface area (Å²) in [5.41, 5.74) is 2.00. The lowest BCUT2D eigenvalue weighted by atomic mass is 9.62. The zero-order valence-corrected chi connectivity index (χ0v) is 34.0. The van der Waals surface area contributed by atoms with Gasteiger partial charge >= 0.3 is 0 Å². The number of hydrogen-bond acceptors (Lipinski definition) is 13. The molecule has 3 N–H and O–H groups in total. The third kappa shape index (κ3) is 7.23. The second-order valence-electron chi connectivity index (χ2n) is 16.8. The Labute approximate surface area is 329 Å². The summed E-state index contributed by atoms with van der Waals surface area (Å²) in [5, 5.41) is 33.8. The average molecular weight is 779 g/mol. The molecule has 0 radical (unpaired) electrons. The van der Waals surface area contributed by atoms with Crippen LogP contribution in [0.5, 0.6) is 11.5 Å². The van der Waals surface area contributed by atoms with Crippen LogP contribution in [0.1, 0.15) is 135 Å². The summed E-state index contributed by atoms with van der Waals surface area (Å²) in [5.74, 6) is -1.67. The van der Waals surface area contributed by atoms with Crippen LogP contribution in [0.2, 0.25) is 0 Å². The van der Waals surface area contributed by atoms with Gasteiger partial charge in [0.2, 0.25) is 5.78 Å². The number of aromatic hydroxyl groups is 2. The van der Waals surface area contributed by atoms with E-state index in [1.54, 1.807) is 13.1 Å². The zero-order chi connectivity index (χ0) is 40.4. The van der Waals surface area contributed by atoms with Crippen LogP contribution < -0.4 is 0 Å². The topological polar surface area (TPSA) is 166 Å². The smallest absolute Gasteiger partial charge is 0.201 e. The monoisotopic (exact) mass is 778 g/mol. The molecular weight excluding hydrogens is 720 g/mol. The quantitative estimate of drug-likeness (QED) is 0.253. The van der Waals surface area contributed by atoms with Gasteiger partial charge in [-0.1, -0.05) is 39.3 Å². The molecule has 7 rings (SSSR count). The highest BCUT2D eigenvalue weighted by atomic mass is 16.7. The molecule has 5 aliphatic rings. The van der Waals surface area contributed by atoms with Crippen LogP contribution in [0.25, 0.3) is 0 Å². The van der Waals surface area contributed by atoms with Crippen molar-refractivity contribution in [3.8, 4) is 11.5 Å². The molecule has 0 aromatic heterocycles. The van der Waals surface area contributed by atoms with Crippen molar-refractivity contribution >= 4 is 17.3 Å². The SMILES string of the molecule is CC[C@@]1(C)C[C@H](O[C@H]2C[C@@H](N(C)C)[C@H](O[C@H]3C[C@@H](O)[C@H](O[C@H]4CC/C(=N/C)C(C)O4)C(C)O3)C(C)O2)c2c(cc3c(c2O)C(=O)c2c(O)cccc2C3=O)[C@H]1C. The van der Waals surface area contributed by atoms with E-state index in [9.17, 15) is 24.9 Å². The molecule has 3 unspecified atom stereocenters. The molecule has 2 aliphatic carbocycles. The molecule has 13 nitrogen and oxygen atoms in total. The van der Waals surface area contributed by atoms with Gasteiger partial charge in [0.05, 0.1) is 41.6 Å². The second kappa shape index (κ2) is 15.8. The second-order valence-corrected chi connectivity index (χ2v) is 16.8. The van der Waals surface area contributed by atoms with Gasteiger partial charge in [-0.15, -0.1) is 0 Å². The highest BCUT2D eigenvalue weighted by molar-refractivity contribution is 6.30. The highest BCUT2D eigenvalue weighted by Gasteiger charge is 2.49. The number of aliphatic hydroxyl groups excluding tert-OH is 1. The van der Waals surface area contributed by atoms with E-state index in [0.717, 1.165) is 24.1 Å². The number of rotatable bonds is 8. The van der Waals surface area contributed by atoms with Gasteiger partial charge in [0.25, 0.3) is 0 Å². The Morgan fingerprint density at radius 2 is 1.57 bits per heavy atom. The first-order chi connectivity index (χ1) is 26.6. The molecule has 13 atom stereocenters. The zero-order valence-electron chi connectivity index (χ0n) is 34.0. The van der Waals surface area contributed by atoms with Crippen molar-refractivity contribution in [1.29, 1.82) is 0 Å². The Morgan fingerprint density at radius 3 is 2.21 bits per heavy atom. The third-order valence-electron chi connectivity index (χ3n) is 13.3. The molecule has 3 aliphatic heterocycles. The summed E-state index contributed by atoms with van der Waals surface area (Å²) >= 11 is 0. The van der Waals surface area contributed by atoms with Crippen molar-refractivity contribution in [2.75, 3.05) is 21.1 Å². The molecule has 3 fully saturated rings. The minimum atomic E-state index is -0.836. The molecule has 3 heterocycles. The number of aliphatic imine (C=N–C) groups is 1. The van der Waals surface area contributed by atoms with E-state index in [1.165, 1.54) is 18.2 Å². The maximum Gasteiger partial charge on any atom is 0.201 e. The number of ether oxygens (including phenoxy) is 6. The van der Waals surface area contributed by atoms with E-state index >= 15 is 0 Å². The summed E-state index contributed by atoms with van der Waals surface area (Å²) in [6.07, 6.45) is -2.02. The van der Waals surface area contributed by atoms with Crippen LogP contribution in [0.3, 0.4) is 0 Å². The summed E-state index contributed by atoms with van der Waals surface area (Å²) < 4.78 is 38.6. The third-order valence-corrected chi connectivity index (χ3v) is 13.3. The average Bonchev–Trinajstić information content (AvgIpc) is 3.14. The number of ketones is 2. The van der Waals surface area contributed by atoms with Gasteiger partial charge < -0.3 is 48.6 Å². The summed E-state index contributed by atoms with van der Waals surface area (Å²) in [6, 6.07) is 6.01. The Balaban J connectivity index is 1.09. The largest absolute Gasteiger partial charge is 0.507 e. The van der Waals surface area contributed by atoms with Crippen molar-refractivity contribution in [3.05, 3.63) is 57.6 Å². The number of phenolic OH excluding ortho intramolecular Hbond substituents is 2. The van der Waals surface area contributed by atoms with E-state index in [-0.39, 0.29) is 63.7 Å². The highest BCUT2D eigenvalue weighted by Crippen LogP contribution is 2.57. The van der Waals surface area contributed by atoms with Gasteiger partial charge in [0.1, 0.15) is 23.7 Å². The lowest BCUT2D eigenvalue weighted by molar-refractivity contribution is -0.323. The van der Waals surface area contributed by atoms with E-state index < -0.39 is 67.1 Å². The van der Waals surface area contributed by atoms with Crippen LogP contribution in [-0.4, -0.2) is 120 Å². The fraction of sp³-hybridized carbons (Fsp3) is 0.651. The Morgan fingerprint density at radius 1 is 0.893 bits per heavy atom. The summed E-state index contributed by atoms with van der Waals surface area (Å²) in [6.45, 7) is 12.1. The van der Waals surface area contributed by atoms with Crippen molar-refractivity contribution in [1.82, 2.24) is 4.90 Å². The summed E-state index contributed by atoms with van der Waals surface area (Å²) in [7, 11) is 5.71. The number of nitrogens with zero attached hydrogens (tertiary/aromatic N) is 2. The Hall–Kier alpha value is -3.27. The first-order valence-electron chi connectivity index (χ1n) is 20.1. The number of carbonyl (C=O) groups excluding carboxylic acids is 2. The van der Waals surface area contributed by atoms with Gasteiger partial charge in [0, 0.05) is 54.8 Å². The Kier molecular flexibility index (Phi) is 11.6. The molecule has 0 spiro atoms. The van der Waals surface area contributed by atoms with Crippen molar-refractivity contribution in [2.24, 2.45) is 10.4 Å². The summed E-state index contributed by atoms with van der Waals surface area (Å²) in [4.78, 5) is 34.0. The molecule has 0 saturated carbocycles. The number of phenols is 2. The minimum Gasteiger partial charge on any atom is -0.507 e. The fourth-order valence-electron chi connectivity index (χ4n) is 9.58. The van der Waals surface area contributed by atoms with Crippen LogP contribution in [0.15, 0.2) is 29.3 Å².